The Hall–Kier alpha value is -2.87. The van der Waals surface area contributed by atoms with Crippen LogP contribution in [0.4, 0.5) is 0 Å². The molecule has 0 rings (SSSR count). The molecule has 0 aromatic rings. The number of rotatable bonds is 16. The van der Waals surface area contributed by atoms with Crippen molar-refractivity contribution in [3.05, 3.63) is 0 Å². The standard InChI is InChI=1S/C20H35N5O8S/c1-5-10(2)16(21)20(33)25-13(8-14(26)27)19(32)23-11(3)17(30)24-12(6-7-34-4)18(31)22-9-15(28)29/h10-13,16H,5-9,21H2,1-4H3,(H,22,31)(H,23,32)(H,24,30)(H,25,33)(H,26,27)(H,28,29)/t10-,11-,12-,13-,16-/m0/s1. The average Bonchev–Trinajstić information content (AvgIpc) is 2.77. The van der Waals surface area contributed by atoms with Crippen molar-refractivity contribution in [2.45, 2.75) is 64.2 Å². The maximum absolute atomic E-state index is 12.6. The van der Waals surface area contributed by atoms with Crippen LogP contribution in [0, 0.1) is 5.92 Å². The van der Waals surface area contributed by atoms with Crippen LogP contribution < -0.4 is 27.0 Å². The lowest BCUT2D eigenvalue weighted by atomic mass is 9.99. The predicted octanol–water partition coefficient (Wildman–Crippen LogP) is -1.74. The van der Waals surface area contributed by atoms with Gasteiger partial charge < -0.3 is 37.2 Å². The summed E-state index contributed by atoms with van der Waals surface area (Å²) in [5.41, 5.74) is 5.83. The van der Waals surface area contributed by atoms with E-state index in [-0.39, 0.29) is 12.3 Å². The maximum atomic E-state index is 12.6. The largest absolute Gasteiger partial charge is 0.481 e. The van der Waals surface area contributed by atoms with E-state index in [9.17, 15) is 28.8 Å². The summed E-state index contributed by atoms with van der Waals surface area (Å²) in [7, 11) is 0. The normalized spacial score (nSPS) is 15.1. The van der Waals surface area contributed by atoms with Gasteiger partial charge in [0.1, 0.15) is 24.7 Å². The van der Waals surface area contributed by atoms with Gasteiger partial charge >= 0.3 is 11.9 Å². The number of nitrogens with two attached hydrogens (primary N) is 1. The number of carboxylic acids is 2. The van der Waals surface area contributed by atoms with Gasteiger partial charge in [-0.3, -0.25) is 28.8 Å². The fourth-order valence-electron chi connectivity index (χ4n) is 2.63. The maximum Gasteiger partial charge on any atom is 0.322 e. The second kappa shape index (κ2) is 15.9. The molecule has 0 unspecified atom stereocenters. The summed E-state index contributed by atoms with van der Waals surface area (Å²) in [4.78, 5) is 71.5. The van der Waals surface area contributed by atoms with E-state index in [1.165, 1.54) is 18.7 Å². The smallest absolute Gasteiger partial charge is 0.322 e. The van der Waals surface area contributed by atoms with Crippen LogP contribution in [0.25, 0.3) is 0 Å². The summed E-state index contributed by atoms with van der Waals surface area (Å²) in [6, 6.07) is -4.65. The summed E-state index contributed by atoms with van der Waals surface area (Å²) in [5.74, 6) is -5.35. The second-order valence-corrected chi connectivity index (χ2v) is 8.74. The van der Waals surface area contributed by atoms with Crippen LogP contribution in [-0.2, 0) is 28.8 Å². The topological polar surface area (TPSA) is 217 Å². The Bertz CT molecular complexity index is 750. The van der Waals surface area contributed by atoms with Crippen molar-refractivity contribution >= 4 is 47.3 Å². The Labute approximate surface area is 202 Å². The Kier molecular flexibility index (Phi) is 14.5. The molecule has 14 heteroatoms. The SMILES string of the molecule is CC[C@H](C)[C@H](N)C(=O)N[C@@H](CC(=O)O)C(=O)N[C@@H](C)C(=O)N[C@@H](CCSC)C(=O)NCC(=O)O. The molecule has 0 aromatic carbocycles. The summed E-state index contributed by atoms with van der Waals surface area (Å²) in [6.45, 7) is 4.27. The van der Waals surface area contributed by atoms with Crippen molar-refractivity contribution in [1.29, 1.82) is 0 Å². The molecule has 0 saturated heterocycles. The third-order valence-electron chi connectivity index (χ3n) is 4.98. The molecule has 4 amide bonds. The van der Waals surface area contributed by atoms with Crippen LogP contribution in [0.1, 0.15) is 40.0 Å². The third-order valence-corrected chi connectivity index (χ3v) is 5.62. The summed E-state index contributed by atoms with van der Waals surface area (Å²) < 4.78 is 0. The average molecular weight is 506 g/mol. The number of aliphatic carboxylic acids is 2. The lowest BCUT2D eigenvalue weighted by Gasteiger charge is -2.24. The lowest BCUT2D eigenvalue weighted by molar-refractivity contribution is -0.141. The van der Waals surface area contributed by atoms with E-state index < -0.39 is 72.7 Å². The molecule has 5 atom stereocenters. The number of thioether (sulfide) groups is 1. The number of nitrogens with one attached hydrogen (secondary N) is 4. The molecule has 0 aliphatic heterocycles. The zero-order chi connectivity index (χ0) is 26.4. The van der Waals surface area contributed by atoms with E-state index in [1.54, 1.807) is 13.2 Å². The Balaban J connectivity index is 5.22. The van der Waals surface area contributed by atoms with Crippen LogP contribution in [0.2, 0.25) is 0 Å². The summed E-state index contributed by atoms with van der Waals surface area (Å²) in [5, 5.41) is 27.1. The zero-order valence-electron chi connectivity index (χ0n) is 19.8. The van der Waals surface area contributed by atoms with Gasteiger partial charge in [-0.1, -0.05) is 20.3 Å². The highest BCUT2D eigenvalue weighted by Gasteiger charge is 2.30. The molecule has 0 bridgehead atoms. The Morgan fingerprint density at radius 2 is 1.44 bits per heavy atom. The molecule has 8 N–H and O–H groups in total. The minimum atomic E-state index is -1.47. The second-order valence-electron chi connectivity index (χ2n) is 7.75. The molecular weight excluding hydrogens is 470 g/mol. The first-order valence-corrected chi connectivity index (χ1v) is 12.1. The van der Waals surface area contributed by atoms with Gasteiger partial charge in [0.05, 0.1) is 12.5 Å². The van der Waals surface area contributed by atoms with E-state index >= 15 is 0 Å². The molecule has 0 radical (unpaired) electrons. The van der Waals surface area contributed by atoms with Gasteiger partial charge in [-0.15, -0.1) is 0 Å². The molecule has 0 fully saturated rings. The number of hydrogen-bond donors (Lipinski definition) is 7. The van der Waals surface area contributed by atoms with Crippen molar-refractivity contribution in [3.63, 3.8) is 0 Å². The molecule has 0 aliphatic rings. The Morgan fingerprint density at radius 3 is 1.94 bits per heavy atom. The molecular formula is C20H35N5O8S. The minimum Gasteiger partial charge on any atom is -0.481 e. The van der Waals surface area contributed by atoms with Gasteiger partial charge in [-0.25, -0.2) is 0 Å². The van der Waals surface area contributed by atoms with E-state index in [2.05, 4.69) is 21.3 Å². The van der Waals surface area contributed by atoms with Crippen LogP contribution >= 0.6 is 11.8 Å². The number of amides is 4. The number of carboxylic acid groups (broad SMARTS) is 2. The van der Waals surface area contributed by atoms with Gasteiger partial charge in [0.25, 0.3) is 0 Å². The Morgan fingerprint density at radius 1 is 0.853 bits per heavy atom. The van der Waals surface area contributed by atoms with Crippen LogP contribution in [0.5, 0.6) is 0 Å². The monoisotopic (exact) mass is 505 g/mol. The fourth-order valence-corrected chi connectivity index (χ4v) is 3.10. The molecule has 13 nitrogen and oxygen atoms in total. The molecule has 0 spiro atoms. The van der Waals surface area contributed by atoms with Crippen LogP contribution in [0.3, 0.4) is 0 Å². The van der Waals surface area contributed by atoms with E-state index in [4.69, 9.17) is 15.9 Å². The van der Waals surface area contributed by atoms with Crippen LogP contribution in [0.15, 0.2) is 0 Å². The third kappa shape index (κ3) is 11.8. The van der Waals surface area contributed by atoms with E-state index in [1.807, 2.05) is 6.92 Å². The van der Waals surface area contributed by atoms with Gasteiger partial charge in [0.2, 0.25) is 23.6 Å². The van der Waals surface area contributed by atoms with Gasteiger partial charge in [-0.2, -0.15) is 11.8 Å². The molecule has 0 heterocycles. The fraction of sp³-hybridized carbons (Fsp3) is 0.700. The van der Waals surface area contributed by atoms with Crippen LogP contribution in [-0.4, -0.2) is 88.5 Å². The summed E-state index contributed by atoms with van der Waals surface area (Å²) >= 11 is 1.42. The van der Waals surface area contributed by atoms with Crippen molar-refractivity contribution < 1.29 is 39.0 Å². The molecule has 194 valence electrons. The molecule has 0 saturated carbocycles. The first-order valence-electron chi connectivity index (χ1n) is 10.7. The van der Waals surface area contributed by atoms with Gasteiger partial charge in [0, 0.05) is 0 Å². The predicted molar refractivity (Wildman–Crippen MR) is 125 cm³/mol. The molecule has 34 heavy (non-hydrogen) atoms. The highest BCUT2D eigenvalue weighted by Crippen LogP contribution is 2.07. The van der Waals surface area contributed by atoms with Crippen molar-refractivity contribution in [2.24, 2.45) is 11.7 Å². The quantitative estimate of drug-likeness (QED) is 0.126. The highest BCUT2D eigenvalue weighted by molar-refractivity contribution is 7.98. The van der Waals surface area contributed by atoms with Crippen molar-refractivity contribution in [3.8, 4) is 0 Å². The first kappa shape index (κ1) is 31.1. The number of carbonyl (C=O) groups excluding carboxylic acids is 4. The van der Waals surface area contributed by atoms with Gasteiger partial charge in [0.15, 0.2) is 0 Å². The van der Waals surface area contributed by atoms with Gasteiger partial charge in [-0.05, 0) is 31.3 Å². The summed E-state index contributed by atoms with van der Waals surface area (Å²) in [6.07, 6.45) is 1.87. The molecule has 0 aromatic heterocycles. The van der Waals surface area contributed by atoms with E-state index in [0.717, 1.165) is 0 Å². The zero-order valence-corrected chi connectivity index (χ0v) is 20.6. The number of carbonyl (C=O) groups is 6. The minimum absolute atomic E-state index is 0.205. The first-order chi connectivity index (χ1) is 15.8. The van der Waals surface area contributed by atoms with Crippen molar-refractivity contribution in [2.75, 3.05) is 18.6 Å². The van der Waals surface area contributed by atoms with Crippen molar-refractivity contribution in [1.82, 2.24) is 21.3 Å². The van der Waals surface area contributed by atoms with E-state index in [0.29, 0.717) is 12.2 Å². The lowest BCUT2D eigenvalue weighted by Crippen LogP contribution is -2.58. The highest BCUT2D eigenvalue weighted by atomic mass is 32.2. The molecule has 0 aliphatic carbocycles. The number of hydrogen-bond acceptors (Lipinski definition) is 8.